The Hall–Kier alpha value is -1.39. The normalized spacial score (nSPS) is 12.4. The molecule has 0 spiro atoms. The van der Waals surface area contributed by atoms with Gasteiger partial charge in [0.05, 0.1) is 6.10 Å². The minimum absolute atomic E-state index is 0.0635. The van der Waals surface area contributed by atoms with E-state index in [1.165, 1.54) is 5.56 Å². The van der Waals surface area contributed by atoms with E-state index >= 15 is 0 Å². The number of hydrogen-bond donors (Lipinski definition) is 2. The molecule has 0 aliphatic heterocycles. The molecule has 20 heavy (non-hydrogen) atoms. The van der Waals surface area contributed by atoms with Crippen molar-refractivity contribution in [1.29, 1.82) is 0 Å². The zero-order valence-corrected chi connectivity index (χ0v) is 12.9. The Morgan fingerprint density at radius 1 is 1.20 bits per heavy atom. The Bertz CT molecular complexity index is 401. The van der Waals surface area contributed by atoms with Crippen LogP contribution in [-0.2, 0) is 9.53 Å². The quantitative estimate of drug-likeness (QED) is 0.768. The van der Waals surface area contributed by atoms with E-state index in [1.54, 1.807) is 0 Å². The van der Waals surface area contributed by atoms with E-state index in [2.05, 4.69) is 24.5 Å². The van der Waals surface area contributed by atoms with Gasteiger partial charge < -0.3 is 15.4 Å². The van der Waals surface area contributed by atoms with Crippen LogP contribution in [-0.4, -0.2) is 25.2 Å². The van der Waals surface area contributed by atoms with Gasteiger partial charge in [0, 0.05) is 11.7 Å². The number of carbonyl (C=O) groups excluding carboxylic acids is 1. The van der Waals surface area contributed by atoms with Gasteiger partial charge in [0.25, 0.3) is 0 Å². The van der Waals surface area contributed by atoms with Crippen molar-refractivity contribution in [2.45, 2.75) is 46.3 Å². The summed E-state index contributed by atoms with van der Waals surface area (Å²) in [4.78, 5) is 11.6. The summed E-state index contributed by atoms with van der Waals surface area (Å²) in [6.45, 7) is 9.21. The highest BCUT2D eigenvalue weighted by Gasteiger charge is 2.06. The number of rotatable bonds is 8. The molecule has 4 nitrogen and oxygen atoms in total. The van der Waals surface area contributed by atoms with Crippen LogP contribution >= 0.6 is 0 Å². The van der Waals surface area contributed by atoms with Crippen LogP contribution in [0.2, 0.25) is 0 Å². The van der Waals surface area contributed by atoms with Crippen molar-refractivity contribution in [3.05, 3.63) is 29.8 Å². The van der Waals surface area contributed by atoms with E-state index in [-0.39, 0.29) is 18.6 Å². The van der Waals surface area contributed by atoms with Crippen LogP contribution in [0.1, 0.15) is 45.7 Å². The Balaban J connectivity index is 2.47. The van der Waals surface area contributed by atoms with E-state index in [4.69, 9.17) is 4.74 Å². The van der Waals surface area contributed by atoms with E-state index in [0.29, 0.717) is 6.04 Å². The molecule has 0 fully saturated rings. The van der Waals surface area contributed by atoms with Gasteiger partial charge >= 0.3 is 0 Å². The van der Waals surface area contributed by atoms with Crippen molar-refractivity contribution in [2.24, 2.45) is 0 Å². The minimum Gasteiger partial charge on any atom is -0.369 e. The average Bonchev–Trinajstić information content (AvgIpc) is 2.43. The molecule has 1 atom stereocenters. The second-order valence-electron chi connectivity index (χ2n) is 5.21. The third kappa shape index (κ3) is 6.17. The largest absolute Gasteiger partial charge is 0.369 e. The van der Waals surface area contributed by atoms with E-state index in [9.17, 15) is 4.79 Å². The summed E-state index contributed by atoms with van der Waals surface area (Å²) in [6.07, 6.45) is 1.18. The highest BCUT2D eigenvalue weighted by molar-refractivity contribution is 5.91. The molecule has 0 saturated carbocycles. The zero-order valence-electron chi connectivity index (χ0n) is 12.9. The molecule has 0 heterocycles. The highest BCUT2D eigenvalue weighted by atomic mass is 16.5. The summed E-state index contributed by atoms with van der Waals surface area (Å²) in [7, 11) is 0. The first kappa shape index (κ1) is 16.7. The predicted octanol–water partition coefficient (Wildman–Crippen LogP) is 3.11. The van der Waals surface area contributed by atoms with Crippen molar-refractivity contribution in [2.75, 3.05) is 18.5 Å². The summed E-state index contributed by atoms with van der Waals surface area (Å²) in [5, 5.41) is 6.26. The molecule has 112 valence electrons. The lowest BCUT2D eigenvalue weighted by atomic mass is 10.1. The zero-order chi connectivity index (χ0) is 15.0. The number of hydrogen-bond acceptors (Lipinski definition) is 3. The van der Waals surface area contributed by atoms with Gasteiger partial charge in [0.1, 0.15) is 6.61 Å². The molecule has 0 aliphatic carbocycles. The molecule has 2 N–H and O–H groups in total. The van der Waals surface area contributed by atoms with Crippen molar-refractivity contribution in [3.63, 3.8) is 0 Å². The van der Waals surface area contributed by atoms with Crippen LogP contribution in [0.25, 0.3) is 0 Å². The average molecular weight is 278 g/mol. The monoisotopic (exact) mass is 278 g/mol. The summed E-state index contributed by atoms with van der Waals surface area (Å²) >= 11 is 0. The van der Waals surface area contributed by atoms with Crippen molar-refractivity contribution in [3.8, 4) is 0 Å². The maximum atomic E-state index is 11.6. The molecule has 4 heteroatoms. The number of carbonyl (C=O) groups is 1. The number of anilines is 1. The SMILES string of the molecule is CCCNC(C)c1ccc(NC(=O)COC(C)C)cc1. The van der Waals surface area contributed by atoms with Gasteiger partial charge in [-0.25, -0.2) is 0 Å². The standard InChI is InChI=1S/C16H26N2O2/c1-5-10-17-13(4)14-6-8-15(9-7-14)18-16(19)11-20-12(2)3/h6-9,12-13,17H,5,10-11H2,1-4H3,(H,18,19). The van der Waals surface area contributed by atoms with Gasteiger partial charge in [0.2, 0.25) is 5.91 Å². The fourth-order valence-corrected chi connectivity index (χ4v) is 1.77. The number of amides is 1. The molecule has 1 unspecified atom stereocenters. The van der Waals surface area contributed by atoms with Crippen LogP contribution in [0.4, 0.5) is 5.69 Å². The lowest BCUT2D eigenvalue weighted by Crippen LogP contribution is -2.21. The number of nitrogens with one attached hydrogen (secondary N) is 2. The Morgan fingerprint density at radius 3 is 2.40 bits per heavy atom. The molecule has 1 aromatic rings. The van der Waals surface area contributed by atoms with Crippen LogP contribution in [0, 0.1) is 0 Å². The van der Waals surface area contributed by atoms with E-state index in [0.717, 1.165) is 18.7 Å². The summed E-state index contributed by atoms with van der Waals surface area (Å²) in [5.41, 5.74) is 2.02. The number of benzene rings is 1. The molecule has 0 bridgehead atoms. The smallest absolute Gasteiger partial charge is 0.250 e. The summed E-state index contributed by atoms with van der Waals surface area (Å²) in [5.74, 6) is -0.122. The maximum Gasteiger partial charge on any atom is 0.250 e. The summed E-state index contributed by atoms with van der Waals surface area (Å²) < 4.78 is 5.26. The molecular formula is C16H26N2O2. The van der Waals surface area contributed by atoms with Crippen LogP contribution in [0.3, 0.4) is 0 Å². The molecule has 1 amide bonds. The van der Waals surface area contributed by atoms with Gasteiger partial charge in [-0.3, -0.25) is 4.79 Å². The lowest BCUT2D eigenvalue weighted by Gasteiger charge is -2.14. The summed E-state index contributed by atoms with van der Waals surface area (Å²) in [6, 6.07) is 8.24. The molecule has 0 aliphatic rings. The minimum atomic E-state index is -0.122. The molecule has 0 saturated heterocycles. The van der Waals surface area contributed by atoms with Gasteiger partial charge in [-0.15, -0.1) is 0 Å². The molecule has 1 aromatic carbocycles. The third-order valence-electron chi connectivity index (χ3n) is 2.94. The first-order valence-electron chi connectivity index (χ1n) is 7.27. The maximum absolute atomic E-state index is 11.6. The van der Waals surface area contributed by atoms with Gasteiger partial charge in [-0.05, 0) is 51.4 Å². The van der Waals surface area contributed by atoms with Crippen LogP contribution < -0.4 is 10.6 Å². The fraction of sp³-hybridized carbons (Fsp3) is 0.562. The van der Waals surface area contributed by atoms with Crippen molar-refractivity contribution < 1.29 is 9.53 Å². The topological polar surface area (TPSA) is 50.4 Å². The second-order valence-corrected chi connectivity index (χ2v) is 5.21. The molecular weight excluding hydrogens is 252 g/mol. The Labute approximate surface area is 121 Å². The Morgan fingerprint density at radius 2 is 1.85 bits per heavy atom. The van der Waals surface area contributed by atoms with Crippen LogP contribution in [0.5, 0.6) is 0 Å². The van der Waals surface area contributed by atoms with Gasteiger partial charge in [-0.2, -0.15) is 0 Å². The Kier molecular flexibility index (Phi) is 7.26. The van der Waals surface area contributed by atoms with E-state index in [1.807, 2.05) is 38.1 Å². The molecule has 1 rings (SSSR count). The van der Waals surface area contributed by atoms with E-state index < -0.39 is 0 Å². The highest BCUT2D eigenvalue weighted by Crippen LogP contribution is 2.16. The fourth-order valence-electron chi connectivity index (χ4n) is 1.77. The molecule has 0 aromatic heterocycles. The van der Waals surface area contributed by atoms with Gasteiger partial charge in [0.15, 0.2) is 0 Å². The lowest BCUT2D eigenvalue weighted by molar-refractivity contribution is -0.121. The van der Waals surface area contributed by atoms with Crippen molar-refractivity contribution >= 4 is 11.6 Å². The van der Waals surface area contributed by atoms with Gasteiger partial charge in [-0.1, -0.05) is 19.1 Å². The van der Waals surface area contributed by atoms with Crippen molar-refractivity contribution in [1.82, 2.24) is 5.32 Å². The molecule has 0 radical (unpaired) electrons. The third-order valence-corrected chi connectivity index (χ3v) is 2.94. The first-order valence-corrected chi connectivity index (χ1v) is 7.27. The predicted molar refractivity (Wildman–Crippen MR) is 82.9 cm³/mol. The first-order chi connectivity index (χ1) is 9.52. The number of ether oxygens (including phenoxy) is 1. The van der Waals surface area contributed by atoms with Crippen LogP contribution in [0.15, 0.2) is 24.3 Å². The second kappa shape index (κ2) is 8.72.